The molecule has 5 heteroatoms. The topological polar surface area (TPSA) is 81.4 Å². The van der Waals surface area contributed by atoms with Gasteiger partial charge in [0.1, 0.15) is 5.75 Å². The lowest BCUT2D eigenvalue weighted by Gasteiger charge is -2.16. The van der Waals surface area contributed by atoms with E-state index in [1.165, 1.54) is 24.0 Å². The Balaban J connectivity index is 1.65. The smallest absolute Gasteiger partial charge is 0.255 e. The predicted molar refractivity (Wildman–Crippen MR) is 92.2 cm³/mol. The molecule has 2 aromatic carbocycles. The van der Waals surface area contributed by atoms with Crippen molar-refractivity contribution in [1.82, 2.24) is 0 Å². The second-order valence-corrected chi connectivity index (χ2v) is 5.92. The molecule has 0 saturated heterocycles. The Labute approximate surface area is 140 Å². The summed E-state index contributed by atoms with van der Waals surface area (Å²) in [5, 5.41) is 2.87. The molecular formula is C19H20N2O3. The minimum absolute atomic E-state index is 0.130. The molecule has 0 radical (unpaired) electrons. The normalized spacial score (nSPS) is 13.0. The Morgan fingerprint density at radius 3 is 2.42 bits per heavy atom. The lowest BCUT2D eigenvalue weighted by Crippen LogP contribution is -2.20. The van der Waals surface area contributed by atoms with Crippen molar-refractivity contribution in [3.63, 3.8) is 0 Å². The first-order valence-corrected chi connectivity index (χ1v) is 8.06. The average molecular weight is 324 g/mol. The highest BCUT2D eigenvalue weighted by Crippen LogP contribution is 2.23. The van der Waals surface area contributed by atoms with Crippen LogP contribution in [0.15, 0.2) is 42.5 Å². The number of fused-ring (bicyclic) bond motifs is 1. The minimum atomic E-state index is -0.528. The summed E-state index contributed by atoms with van der Waals surface area (Å²) in [4.78, 5) is 23.1. The van der Waals surface area contributed by atoms with E-state index in [1.54, 1.807) is 24.3 Å². The van der Waals surface area contributed by atoms with Gasteiger partial charge in [0.15, 0.2) is 6.61 Å². The number of anilines is 1. The van der Waals surface area contributed by atoms with Crippen LogP contribution in [0.1, 0.15) is 34.3 Å². The van der Waals surface area contributed by atoms with Gasteiger partial charge in [-0.05, 0) is 73.2 Å². The second-order valence-electron chi connectivity index (χ2n) is 5.92. The lowest BCUT2D eigenvalue weighted by atomic mass is 9.90. The summed E-state index contributed by atoms with van der Waals surface area (Å²) in [5.41, 5.74) is 9.01. The van der Waals surface area contributed by atoms with E-state index < -0.39 is 5.91 Å². The minimum Gasteiger partial charge on any atom is -0.484 e. The maximum Gasteiger partial charge on any atom is 0.255 e. The second kappa shape index (κ2) is 7.17. The van der Waals surface area contributed by atoms with E-state index in [2.05, 4.69) is 11.4 Å². The molecule has 0 bridgehead atoms. The van der Waals surface area contributed by atoms with E-state index in [1.807, 2.05) is 12.1 Å². The molecule has 0 unspecified atom stereocenters. The van der Waals surface area contributed by atoms with Crippen molar-refractivity contribution >= 4 is 17.5 Å². The number of ether oxygens (including phenoxy) is 1. The van der Waals surface area contributed by atoms with Gasteiger partial charge in [-0.15, -0.1) is 0 Å². The number of nitrogens with one attached hydrogen (secondary N) is 1. The number of hydrogen-bond donors (Lipinski definition) is 2. The molecule has 0 spiro atoms. The number of hydrogen-bond acceptors (Lipinski definition) is 3. The van der Waals surface area contributed by atoms with Crippen LogP contribution in [0.2, 0.25) is 0 Å². The molecule has 0 aromatic heterocycles. The first-order valence-electron chi connectivity index (χ1n) is 8.06. The maximum atomic E-state index is 12.4. The Morgan fingerprint density at radius 2 is 1.71 bits per heavy atom. The van der Waals surface area contributed by atoms with Crippen LogP contribution >= 0.6 is 0 Å². The fourth-order valence-electron chi connectivity index (χ4n) is 2.87. The van der Waals surface area contributed by atoms with Gasteiger partial charge in [-0.1, -0.05) is 6.07 Å². The molecule has 0 fully saturated rings. The fourth-order valence-corrected chi connectivity index (χ4v) is 2.87. The summed E-state index contributed by atoms with van der Waals surface area (Å²) in [6, 6.07) is 12.8. The highest BCUT2D eigenvalue weighted by molar-refractivity contribution is 6.04. The zero-order valence-corrected chi connectivity index (χ0v) is 13.4. The Kier molecular flexibility index (Phi) is 4.79. The molecule has 0 heterocycles. The Bertz CT molecular complexity index is 754. The van der Waals surface area contributed by atoms with Gasteiger partial charge in [-0.2, -0.15) is 0 Å². The average Bonchev–Trinajstić information content (AvgIpc) is 2.60. The molecule has 0 aliphatic heterocycles. The number of rotatable bonds is 5. The number of primary amides is 1. The molecule has 2 amide bonds. The van der Waals surface area contributed by atoms with Crippen LogP contribution < -0.4 is 15.8 Å². The molecular weight excluding hydrogens is 304 g/mol. The van der Waals surface area contributed by atoms with Crippen molar-refractivity contribution in [2.75, 3.05) is 11.9 Å². The Morgan fingerprint density at radius 1 is 1.00 bits per heavy atom. The Hall–Kier alpha value is -2.82. The van der Waals surface area contributed by atoms with Crippen molar-refractivity contribution in [1.29, 1.82) is 0 Å². The highest BCUT2D eigenvalue weighted by atomic mass is 16.5. The zero-order valence-electron chi connectivity index (χ0n) is 13.4. The third-order valence-corrected chi connectivity index (χ3v) is 4.10. The number of carbonyl (C=O) groups is 2. The summed E-state index contributed by atoms with van der Waals surface area (Å²) in [6.45, 7) is -0.166. The lowest BCUT2D eigenvalue weighted by molar-refractivity contribution is -0.119. The summed E-state index contributed by atoms with van der Waals surface area (Å²) >= 11 is 0. The first kappa shape index (κ1) is 16.1. The number of amides is 2. The third-order valence-electron chi connectivity index (χ3n) is 4.10. The van der Waals surface area contributed by atoms with Crippen LogP contribution in [0.3, 0.4) is 0 Å². The van der Waals surface area contributed by atoms with Crippen LogP contribution in [0.5, 0.6) is 5.75 Å². The summed E-state index contributed by atoms with van der Waals surface area (Å²) in [5.74, 6) is -0.130. The van der Waals surface area contributed by atoms with Gasteiger partial charge in [0.05, 0.1) is 0 Å². The van der Waals surface area contributed by atoms with Crippen LogP contribution in [-0.4, -0.2) is 18.4 Å². The molecule has 2 aromatic rings. The van der Waals surface area contributed by atoms with Gasteiger partial charge in [-0.3, -0.25) is 9.59 Å². The van der Waals surface area contributed by atoms with E-state index in [4.69, 9.17) is 10.5 Å². The largest absolute Gasteiger partial charge is 0.484 e. The maximum absolute atomic E-state index is 12.4. The molecule has 1 aliphatic carbocycles. The molecule has 0 saturated carbocycles. The van der Waals surface area contributed by atoms with Crippen LogP contribution in [0.25, 0.3) is 0 Å². The van der Waals surface area contributed by atoms with Crippen molar-refractivity contribution in [2.45, 2.75) is 25.7 Å². The van der Waals surface area contributed by atoms with Crippen molar-refractivity contribution in [3.05, 3.63) is 59.2 Å². The van der Waals surface area contributed by atoms with Crippen molar-refractivity contribution in [3.8, 4) is 5.75 Å². The van der Waals surface area contributed by atoms with Gasteiger partial charge in [0.25, 0.3) is 11.8 Å². The monoisotopic (exact) mass is 324 g/mol. The molecule has 124 valence electrons. The fraction of sp³-hybridized carbons (Fsp3) is 0.263. The summed E-state index contributed by atoms with van der Waals surface area (Å²) in [7, 11) is 0. The third kappa shape index (κ3) is 3.93. The van der Waals surface area contributed by atoms with E-state index in [9.17, 15) is 9.59 Å². The zero-order chi connectivity index (χ0) is 16.9. The van der Waals surface area contributed by atoms with E-state index in [0.29, 0.717) is 17.0 Å². The van der Waals surface area contributed by atoms with Crippen LogP contribution in [-0.2, 0) is 17.6 Å². The van der Waals surface area contributed by atoms with Gasteiger partial charge < -0.3 is 15.8 Å². The molecule has 3 rings (SSSR count). The van der Waals surface area contributed by atoms with Gasteiger partial charge in [0.2, 0.25) is 0 Å². The van der Waals surface area contributed by atoms with Gasteiger partial charge >= 0.3 is 0 Å². The van der Waals surface area contributed by atoms with Crippen molar-refractivity contribution in [2.24, 2.45) is 5.73 Å². The first-order chi connectivity index (χ1) is 11.6. The molecule has 3 N–H and O–H groups in total. The van der Waals surface area contributed by atoms with E-state index >= 15 is 0 Å². The molecule has 5 nitrogen and oxygen atoms in total. The number of aryl methyl sites for hydroxylation is 2. The van der Waals surface area contributed by atoms with Crippen molar-refractivity contribution < 1.29 is 14.3 Å². The van der Waals surface area contributed by atoms with Crippen LogP contribution in [0, 0.1) is 0 Å². The van der Waals surface area contributed by atoms with Crippen LogP contribution in [0.4, 0.5) is 5.69 Å². The van der Waals surface area contributed by atoms with Gasteiger partial charge in [-0.25, -0.2) is 0 Å². The number of benzene rings is 2. The molecule has 1 aliphatic rings. The molecule has 0 atom stereocenters. The van der Waals surface area contributed by atoms with Gasteiger partial charge in [0, 0.05) is 11.3 Å². The predicted octanol–water partition coefficient (Wildman–Crippen LogP) is 2.68. The summed E-state index contributed by atoms with van der Waals surface area (Å²) < 4.78 is 5.19. The SMILES string of the molecule is NC(=O)COc1ccc(NC(=O)c2ccc3c(c2)CCCC3)cc1. The quantitative estimate of drug-likeness (QED) is 0.887. The highest BCUT2D eigenvalue weighted by Gasteiger charge is 2.13. The van der Waals surface area contributed by atoms with E-state index in [0.717, 1.165) is 12.8 Å². The summed E-state index contributed by atoms with van der Waals surface area (Å²) in [6.07, 6.45) is 4.56. The molecule has 24 heavy (non-hydrogen) atoms. The number of nitrogens with two attached hydrogens (primary N) is 1. The standard InChI is InChI=1S/C19H20N2O3/c20-18(22)12-24-17-9-7-16(8-10-17)21-19(23)15-6-5-13-3-1-2-4-14(13)11-15/h5-11H,1-4,12H2,(H2,20,22)(H,21,23). The van der Waals surface area contributed by atoms with E-state index in [-0.39, 0.29) is 12.5 Å². The number of carbonyl (C=O) groups excluding carboxylic acids is 2.